The number of aliphatic hydroxyl groups excluding tert-OH is 2. The third-order valence-electron chi connectivity index (χ3n) is 9.59. The van der Waals surface area contributed by atoms with Crippen molar-refractivity contribution >= 4 is 0 Å². The number of hydrogen-bond acceptors (Lipinski definition) is 4. The number of allylic oxidation sites excluding steroid dienone is 3. The third kappa shape index (κ3) is 5.43. The molecule has 7 heteroatoms. The van der Waals surface area contributed by atoms with E-state index in [1.165, 1.54) is 5.57 Å². The summed E-state index contributed by atoms with van der Waals surface area (Å²) in [6.07, 6.45) is 3.04. The minimum absolute atomic E-state index is 0.0698. The van der Waals surface area contributed by atoms with Crippen LogP contribution in [0.4, 0.5) is 13.2 Å². The quantitative estimate of drug-likeness (QED) is 0.556. The van der Waals surface area contributed by atoms with Gasteiger partial charge in [-0.3, -0.25) is 4.90 Å². The average molecular weight is 498 g/mol. The van der Waals surface area contributed by atoms with E-state index in [0.29, 0.717) is 42.8 Å². The smallest absolute Gasteiger partial charge is 0.392 e. The summed E-state index contributed by atoms with van der Waals surface area (Å²) in [7, 11) is 0. The number of aliphatic hydroxyl groups is 2. The second kappa shape index (κ2) is 10.3. The van der Waals surface area contributed by atoms with Crippen molar-refractivity contribution in [3.63, 3.8) is 0 Å². The lowest BCUT2D eigenvalue weighted by atomic mass is 9.61. The van der Waals surface area contributed by atoms with E-state index in [1.807, 2.05) is 11.8 Å². The van der Waals surface area contributed by atoms with Gasteiger partial charge in [0.15, 0.2) is 6.10 Å². The molecule has 4 nitrogen and oxygen atoms in total. The molecule has 1 aliphatic heterocycles. The fourth-order valence-corrected chi connectivity index (χ4v) is 7.46. The lowest BCUT2D eigenvalue weighted by molar-refractivity contribution is -0.238. The minimum atomic E-state index is -4.31. The van der Waals surface area contributed by atoms with Crippen LogP contribution in [0.25, 0.3) is 0 Å². The number of rotatable bonds is 4. The van der Waals surface area contributed by atoms with Crippen molar-refractivity contribution in [1.82, 2.24) is 4.90 Å². The zero-order valence-corrected chi connectivity index (χ0v) is 21.4. The lowest BCUT2D eigenvalue weighted by Gasteiger charge is -2.45. The number of nitrogens with zero attached hydrogens (tertiary/aromatic N) is 1. The van der Waals surface area contributed by atoms with E-state index in [2.05, 4.69) is 32.6 Å². The zero-order chi connectivity index (χ0) is 25.5. The van der Waals surface area contributed by atoms with E-state index in [1.54, 1.807) is 0 Å². The van der Waals surface area contributed by atoms with Crippen LogP contribution in [0.3, 0.4) is 0 Å². The van der Waals surface area contributed by atoms with Crippen LogP contribution in [0.2, 0.25) is 0 Å². The first-order valence-corrected chi connectivity index (χ1v) is 13.3. The SMILES string of the molecule is C=C1/C(=C\C=C2/CCC[C@]3(C)[C@@H](C(C)CN4CCOC(C(F)(F)F)C4)CC[C@@H]23)C[C@@H](O)[C@H](C)[C@@H]1O. The first-order valence-electron chi connectivity index (χ1n) is 13.3. The van der Waals surface area contributed by atoms with Gasteiger partial charge in [0.05, 0.1) is 18.8 Å². The molecule has 3 saturated carbocycles. The first kappa shape index (κ1) is 26.9. The predicted molar refractivity (Wildman–Crippen MR) is 131 cm³/mol. The molecule has 2 unspecified atom stereocenters. The predicted octanol–water partition coefficient (Wildman–Crippen LogP) is 5.27. The molecule has 35 heavy (non-hydrogen) atoms. The van der Waals surface area contributed by atoms with E-state index in [0.717, 1.165) is 37.7 Å². The number of halogens is 3. The Bertz CT molecular complexity index is 853. The highest BCUT2D eigenvalue weighted by molar-refractivity contribution is 5.39. The summed E-state index contributed by atoms with van der Waals surface area (Å²) in [5.74, 6) is 1.06. The highest BCUT2D eigenvalue weighted by Gasteiger charge is 2.51. The van der Waals surface area contributed by atoms with Crippen LogP contribution in [0.5, 0.6) is 0 Å². The molecular weight excluding hydrogens is 455 g/mol. The van der Waals surface area contributed by atoms with Gasteiger partial charge in [-0.2, -0.15) is 13.2 Å². The monoisotopic (exact) mass is 497 g/mol. The van der Waals surface area contributed by atoms with Gasteiger partial charge in [0.25, 0.3) is 0 Å². The summed E-state index contributed by atoms with van der Waals surface area (Å²) in [5.41, 5.74) is 3.21. The fraction of sp³-hybridized carbons (Fsp3) is 0.786. The topological polar surface area (TPSA) is 52.9 Å². The molecule has 1 heterocycles. The summed E-state index contributed by atoms with van der Waals surface area (Å²) in [6.45, 7) is 11.8. The van der Waals surface area contributed by atoms with Crippen LogP contribution >= 0.6 is 0 Å². The van der Waals surface area contributed by atoms with Crippen molar-refractivity contribution in [2.75, 3.05) is 26.2 Å². The van der Waals surface area contributed by atoms with Gasteiger partial charge >= 0.3 is 6.18 Å². The van der Waals surface area contributed by atoms with Crippen LogP contribution in [0, 0.1) is 29.1 Å². The molecule has 4 fully saturated rings. The molecule has 0 aromatic heterocycles. The Morgan fingerprint density at radius 1 is 1.26 bits per heavy atom. The molecular formula is C28H42F3NO3. The van der Waals surface area contributed by atoms with Crippen LogP contribution < -0.4 is 0 Å². The van der Waals surface area contributed by atoms with E-state index >= 15 is 0 Å². The standard InChI is InChI=1S/C28H42F3NO3/c1-17(15-32-12-13-35-25(16-32)28(29,30)31)22-9-10-23-20(6-5-11-27(22,23)4)7-8-21-14-24(33)19(3)26(34)18(21)2/h7-8,17,19,22-26,33-34H,2,5-6,9-16H2,1,3-4H3/b20-7+,21-8-/t17?,19-,22+,23-,24+,25?,26+,27+/m0/s1. The Balaban J connectivity index is 1.45. The van der Waals surface area contributed by atoms with Crippen LogP contribution in [-0.4, -0.2) is 65.8 Å². The maximum Gasteiger partial charge on any atom is 0.415 e. The summed E-state index contributed by atoms with van der Waals surface area (Å²) in [6, 6.07) is 0. The third-order valence-corrected chi connectivity index (χ3v) is 9.59. The number of morpholine rings is 1. The van der Waals surface area contributed by atoms with Gasteiger partial charge in [-0.1, -0.05) is 45.1 Å². The normalized spacial score (nSPS) is 42.5. The van der Waals surface area contributed by atoms with E-state index < -0.39 is 24.5 Å². The molecule has 4 rings (SSSR count). The zero-order valence-electron chi connectivity index (χ0n) is 21.4. The van der Waals surface area contributed by atoms with Crippen molar-refractivity contribution in [3.05, 3.63) is 35.5 Å². The lowest BCUT2D eigenvalue weighted by Crippen LogP contribution is -2.51. The number of fused-ring (bicyclic) bond motifs is 1. The fourth-order valence-electron chi connectivity index (χ4n) is 7.46. The molecule has 198 valence electrons. The highest BCUT2D eigenvalue weighted by Crippen LogP contribution is 2.59. The van der Waals surface area contributed by atoms with E-state index in [4.69, 9.17) is 4.74 Å². The number of ether oxygens (including phenoxy) is 1. The van der Waals surface area contributed by atoms with Gasteiger partial charge in [-0.15, -0.1) is 0 Å². The Morgan fingerprint density at radius 3 is 2.71 bits per heavy atom. The molecule has 0 amide bonds. The maximum absolute atomic E-state index is 13.2. The Morgan fingerprint density at radius 2 is 2.00 bits per heavy atom. The van der Waals surface area contributed by atoms with Gasteiger partial charge in [-0.25, -0.2) is 0 Å². The van der Waals surface area contributed by atoms with Gasteiger partial charge in [-0.05, 0) is 72.8 Å². The number of hydrogen-bond donors (Lipinski definition) is 2. The molecule has 8 atom stereocenters. The van der Waals surface area contributed by atoms with Crippen molar-refractivity contribution in [3.8, 4) is 0 Å². The van der Waals surface area contributed by atoms with E-state index in [-0.39, 0.29) is 24.5 Å². The van der Waals surface area contributed by atoms with Crippen LogP contribution in [-0.2, 0) is 4.74 Å². The van der Waals surface area contributed by atoms with Crippen molar-refractivity contribution in [2.24, 2.45) is 29.1 Å². The molecule has 0 radical (unpaired) electrons. The Kier molecular flexibility index (Phi) is 7.92. The summed E-state index contributed by atoms with van der Waals surface area (Å²) < 4.78 is 44.5. The van der Waals surface area contributed by atoms with Gasteiger partial charge < -0.3 is 14.9 Å². The van der Waals surface area contributed by atoms with E-state index in [9.17, 15) is 23.4 Å². The van der Waals surface area contributed by atoms with Crippen molar-refractivity contribution in [2.45, 2.75) is 83.8 Å². The maximum atomic E-state index is 13.2. The average Bonchev–Trinajstić information content (AvgIpc) is 3.16. The van der Waals surface area contributed by atoms with Gasteiger partial charge in [0.2, 0.25) is 0 Å². The summed E-state index contributed by atoms with van der Waals surface area (Å²) >= 11 is 0. The number of alkyl halides is 3. The molecule has 1 saturated heterocycles. The Labute approximate surface area is 207 Å². The second-order valence-corrected chi connectivity index (χ2v) is 11.8. The van der Waals surface area contributed by atoms with Crippen molar-refractivity contribution < 1.29 is 28.1 Å². The molecule has 0 aromatic carbocycles. The molecule has 0 spiro atoms. The van der Waals surface area contributed by atoms with Crippen LogP contribution in [0.1, 0.15) is 59.3 Å². The molecule has 4 aliphatic rings. The van der Waals surface area contributed by atoms with Gasteiger partial charge in [0.1, 0.15) is 0 Å². The Hall–Kier alpha value is -1.15. The summed E-state index contributed by atoms with van der Waals surface area (Å²) in [5, 5.41) is 20.7. The highest BCUT2D eigenvalue weighted by atomic mass is 19.4. The molecule has 0 aromatic rings. The van der Waals surface area contributed by atoms with Crippen molar-refractivity contribution in [1.29, 1.82) is 0 Å². The largest absolute Gasteiger partial charge is 0.415 e. The van der Waals surface area contributed by atoms with Crippen LogP contribution in [0.15, 0.2) is 35.5 Å². The second-order valence-electron chi connectivity index (χ2n) is 11.8. The first-order chi connectivity index (χ1) is 16.4. The molecule has 3 aliphatic carbocycles. The molecule has 2 N–H and O–H groups in total. The summed E-state index contributed by atoms with van der Waals surface area (Å²) in [4.78, 5) is 1.94. The van der Waals surface area contributed by atoms with Gasteiger partial charge in [0, 0.05) is 25.6 Å². The minimum Gasteiger partial charge on any atom is -0.392 e. The molecule has 0 bridgehead atoms.